The average Bonchev–Trinajstić information content (AvgIpc) is 2.78. The van der Waals surface area contributed by atoms with Crippen LogP contribution in [0.15, 0.2) is 77.7 Å². The fourth-order valence-corrected chi connectivity index (χ4v) is 4.96. The number of nitrogens with one attached hydrogen (secondary N) is 2. The maximum Gasteiger partial charge on any atom is 0.261 e. The van der Waals surface area contributed by atoms with E-state index in [1.807, 2.05) is 12.1 Å². The first-order chi connectivity index (χ1) is 14.9. The molecule has 1 unspecified atom stereocenters. The summed E-state index contributed by atoms with van der Waals surface area (Å²) in [5.41, 5.74) is 3.43. The van der Waals surface area contributed by atoms with Gasteiger partial charge in [0.25, 0.3) is 15.9 Å². The van der Waals surface area contributed by atoms with E-state index in [9.17, 15) is 17.6 Å². The Bertz CT molecular complexity index is 1180. The Morgan fingerprint density at radius 2 is 1.68 bits per heavy atom. The smallest absolute Gasteiger partial charge is 0.261 e. The number of carbonyl (C=O) groups is 1. The molecule has 1 atom stereocenters. The van der Waals surface area contributed by atoms with Gasteiger partial charge in [0, 0.05) is 23.7 Å². The lowest BCUT2D eigenvalue weighted by atomic mass is 9.83. The second-order valence-corrected chi connectivity index (χ2v) is 9.32. The van der Waals surface area contributed by atoms with Crippen molar-refractivity contribution in [3.8, 4) is 0 Å². The number of aryl methyl sites for hydroxylation is 1. The van der Waals surface area contributed by atoms with Gasteiger partial charge in [0.1, 0.15) is 5.82 Å². The van der Waals surface area contributed by atoms with Crippen LogP contribution in [0.3, 0.4) is 0 Å². The number of halogens is 1. The molecule has 0 fully saturated rings. The van der Waals surface area contributed by atoms with Gasteiger partial charge in [-0.1, -0.05) is 24.3 Å². The van der Waals surface area contributed by atoms with Gasteiger partial charge in [-0.3, -0.25) is 9.52 Å². The number of hydrogen-bond acceptors (Lipinski definition) is 3. The van der Waals surface area contributed by atoms with Gasteiger partial charge in [-0.2, -0.15) is 0 Å². The third-order valence-corrected chi connectivity index (χ3v) is 6.92. The predicted molar refractivity (Wildman–Crippen MR) is 118 cm³/mol. The van der Waals surface area contributed by atoms with Gasteiger partial charge in [0.05, 0.1) is 4.90 Å². The number of sulfonamides is 1. The lowest BCUT2D eigenvalue weighted by Gasteiger charge is -2.25. The predicted octanol–water partition coefficient (Wildman–Crippen LogP) is 4.48. The molecule has 3 aromatic rings. The van der Waals surface area contributed by atoms with Crippen LogP contribution in [0.4, 0.5) is 10.1 Å². The summed E-state index contributed by atoms with van der Waals surface area (Å²) in [6.07, 6.45) is 3.23. The molecule has 1 aliphatic rings. The zero-order chi connectivity index (χ0) is 21.8. The van der Waals surface area contributed by atoms with Gasteiger partial charge < -0.3 is 5.32 Å². The quantitative estimate of drug-likeness (QED) is 0.596. The number of anilines is 1. The molecule has 0 aliphatic heterocycles. The van der Waals surface area contributed by atoms with Crippen molar-refractivity contribution in [1.82, 2.24) is 5.32 Å². The lowest BCUT2D eigenvalue weighted by Crippen LogP contribution is -2.29. The minimum Gasteiger partial charge on any atom is -0.351 e. The van der Waals surface area contributed by atoms with E-state index in [-0.39, 0.29) is 10.8 Å². The molecule has 31 heavy (non-hydrogen) atoms. The van der Waals surface area contributed by atoms with Crippen molar-refractivity contribution in [3.63, 3.8) is 0 Å². The van der Waals surface area contributed by atoms with Crippen LogP contribution in [0.2, 0.25) is 0 Å². The van der Waals surface area contributed by atoms with Crippen LogP contribution in [0.1, 0.15) is 40.2 Å². The van der Waals surface area contributed by atoms with Gasteiger partial charge in [-0.15, -0.1) is 0 Å². The van der Waals surface area contributed by atoms with E-state index in [2.05, 4.69) is 22.2 Å². The van der Waals surface area contributed by atoms with Gasteiger partial charge in [0.15, 0.2) is 0 Å². The van der Waals surface area contributed by atoms with Crippen molar-refractivity contribution in [1.29, 1.82) is 0 Å². The number of carbonyl (C=O) groups excluding carboxylic acids is 1. The number of hydrogen-bond donors (Lipinski definition) is 2. The van der Waals surface area contributed by atoms with Gasteiger partial charge in [-0.05, 0) is 78.9 Å². The Kier molecular flexibility index (Phi) is 6.04. The SMILES string of the molecule is O=C(NCC1CCCc2ccccc21)c1ccc(NS(=O)(=O)c2ccc(F)cc2)cc1. The highest BCUT2D eigenvalue weighted by molar-refractivity contribution is 7.92. The topological polar surface area (TPSA) is 75.3 Å². The summed E-state index contributed by atoms with van der Waals surface area (Å²) in [5, 5.41) is 3.00. The Labute approximate surface area is 181 Å². The maximum atomic E-state index is 13.0. The highest BCUT2D eigenvalue weighted by Gasteiger charge is 2.20. The molecule has 0 heterocycles. The van der Waals surface area contributed by atoms with E-state index < -0.39 is 15.8 Å². The Hall–Kier alpha value is -3.19. The van der Waals surface area contributed by atoms with Crippen molar-refractivity contribution in [3.05, 3.63) is 95.3 Å². The highest BCUT2D eigenvalue weighted by atomic mass is 32.2. The standard InChI is InChI=1S/C24H23FN2O3S/c25-20-10-14-22(15-11-20)31(29,30)27-21-12-8-18(9-13-21)24(28)26-16-19-6-3-5-17-4-1-2-7-23(17)19/h1-2,4,7-15,19,27H,3,5-6,16H2,(H,26,28). The normalized spacial score (nSPS) is 15.7. The minimum absolute atomic E-state index is 0.0384. The number of benzene rings is 3. The first-order valence-electron chi connectivity index (χ1n) is 10.2. The minimum atomic E-state index is -3.83. The highest BCUT2D eigenvalue weighted by Crippen LogP contribution is 2.30. The van der Waals surface area contributed by atoms with Crippen molar-refractivity contribution in [2.45, 2.75) is 30.1 Å². The number of amides is 1. The molecule has 0 spiro atoms. The van der Waals surface area contributed by atoms with Gasteiger partial charge >= 0.3 is 0 Å². The van der Waals surface area contributed by atoms with Crippen molar-refractivity contribution >= 4 is 21.6 Å². The first kappa shape index (κ1) is 21.1. The average molecular weight is 439 g/mol. The van der Waals surface area contributed by atoms with E-state index >= 15 is 0 Å². The molecule has 7 heteroatoms. The molecule has 4 rings (SSSR count). The Balaban J connectivity index is 1.38. The van der Waals surface area contributed by atoms with E-state index in [0.717, 1.165) is 31.4 Å². The summed E-state index contributed by atoms with van der Waals surface area (Å²) in [6, 6.07) is 19.2. The monoisotopic (exact) mass is 438 g/mol. The third-order valence-electron chi connectivity index (χ3n) is 5.53. The third kappa shape index (κ3) is 4.94. The molecule has 0 saturated carbocycles. The molecule has 0 aromatic heterocycles. The molecule has 0 bridgehead atoms. The fourth-order valence-electron chi connectivity index (χ4n) is 3.90. The first-order valence-corrected chi connectivity index (χ1v) is 11.7. The zero-order valence-electron chi connectivity index (χ0n) is 16.8. The van der Waals surface area contributed by atoms with Crippen LogP contribution in [0.25, 0.3) is 0 Å². The van der Waals surface area contributed by atoms with Crippen LogP contribution in [-0.2, 0) is 16.4 Å². The maximum absolute atomic E-state index is 13.0. The lowest BCUT2D eigenvalue weighted by molar-refractivity contribution is 0.0950. The number of fused-ring (bicyclic) bond motifs is 1. The Morgan fingerprint density at radius 3 is 2.42 bits per heavy atom. The van der Waals surface area contributed by atoms with E-state index in [4.69, 9.17) is 0 Å². The van der Waals surface area contributed by atoms with E-state index in [1.54, 1.807) is 12.1 Å². The van der Waals surface area contributed by atoms with Crippen LogP contribution < -0.4 is 10.0 Å². The van der Waals surface area contributed by atoms with Crippen molar-refractivity contribution < 1.29 is 17.6 Å². The molecule has 0 saturated heterocycles. The molecule has 5 nitrogen and oxygen atoms in total. The molecule has 0 radical (unpaired) electrons. The van der Waals surface area contributed by atoms with Gasteiger partial charge in [0.2, 0.25) is 0 Å². The summed E-state index contributed by atoms with van der Waals surface area (Å²) in [7, 11) is -3.83. The summed E-state index contributed by atoms with van der Waals surface area (Å²) in [4.78, 5) is 12.5. The molecular formula is C24H23FN2O3S. The van der Waals surface area contributed by atoms with Crippen LogP contribution in [0, 0.1) is 5.82 Å². The molecule has 1 amide bonds. The molecule has 1 aliphatic carbocycles. The van der Waals surface area contributed by atoms with E-state index in [1.165, 1.54) is 35.4 Å². The zero-order valence-corrected chi connectivity index (χ0v) is 17.7. The molecular weight excluding hydrogens is 415 g/mol. The number of rotatable bonds is 6. The summed E-state index contributed by atoms with van der Waals surface area (Å²) in [6.45, 7) is 0.564. The van der Waals surface area contributed by atoms with Gasteiger partial charge in [-0.25, -0.2) is 12.8 Å². The van der Waals surface area contributed by atoms with E-state index in [0.29, 0.717) is 23.7 Å². The second kappa shape index (κ2) is 8.89. The Morgan fingerprint density at radius 1 is 0.968 bits per heavy atom. The summed E-state index contributed by atoms with van der Waals surface area (Å²) < 4.78 is 40.3. The summed E-state index contributed by atoms with van der Waals surface area (Å²) in [5.74, 6) is -0.405. The largest absolute Gasteiger partial charge is 0.351 e. The van der Waals surface area contributed by atoms with Crippen LogP contribution in [-0.4, -0.2) is 20.9 Å². The fraction of sp³-hybridized carbons (Fsp3) is 0.208. The van der Waals surface area contributed by atoms with Crippen LogP contribution in [0.5, 0.6) is 0 Å². The molecule has 160 valence electrons. The molecule has 3 aromatic carbocycles. The second-order valence-electron chi connectivity index (χ2n) is 7.63. The summed E-state index contributed by atoms with van der Waals surface area (Å²) >= 11 is 0. The van der Waals surface area contributed by atoms with Crippen molar-refractivity contribution in [2.75, 3.05) is 11.3 Å². The van der Waals surface area contributed by atoms with Crippen LogP contribution >= 0.6 is 0 Å². The van der Waals surface area contributed by atoms with Crippen molar-refractivity contribution in [2.24, 2.45) is 0 Å². The molecule has 2 N–H and O–H groups in total.